The fourth-order valence-corrected chi connectivity index (χ4v) is 2.43. The van der Waals surface area contributed by atoms with E-state index in [0.29, 0.717) is 17.1 Å². The lowest BCUT2D eigenvalue weighted by atomic mass is 10.1. The summed E-state index contributed by atoms with van der Waals surface area (Å²) in [6.45, 7) is 4.01. The Morgan fingerprint density at radius 3 is 2.65 bits per heavy atom. The predicted molar refractivity (Wildman–Crippen MR) is 100 cm³/mol. The van der Waals surface area contributed by atoms with Crippen LogP contribution in [0.2, 0.25) is 0 Å². The molecule has 1 heterocycles. The normalized spacial score (nSPS) is 10.0. The molecule has 0 saturated carbocycles. The number of amides is 1. The van der Waals surface area contributed by atoms with Crippen LogP contribution in [0.15, 0.2) is 54.9 Å². The lowest BCUT2D eigenvalue weighted by Gasteiger charge is -2.11. The van der Waals surface area contributed by atoms with Gasteiger partial charge in [0.05, 0.1) is 11.3 Å². The molecule has 0 radical (unpaired) electrons. The number of carbonyl (C=O) groups excluding carboxylic acids is 1. The molecule has 0 aliphatic rings. The summed E-state index contributed by atoms with van der Waals surface area (Å²) >= 11 is 0. The Morgan fingerprint density at radius 2 is 1.85 bits per heavy atom. The molecule has 6 nitrogen and oxygen atoms in total. The molecule has 0 aliphatic carbocycles. The zero-order valence-corrected chi connectivity index (χ0v) is 14.4. The number of rotatable bonds is 4. The quantitative estimate of drug-likeness (QED) is 0.748. The molecule has 6 heteroatoms. The summed E-state index contributed by atoms with van der Waals surface area (Å²) in [5.74, 6) is 0.117. The average molecular weight is 343 g/mol. The summed E-state index contributed by atoms with van der Waals surface area (Å²) in [4.78, 5) is 20.7. The third kappa shape index (κ3) is 3.84. The molecule has 2 aromatic carbocycles. The van der Waals surface area contributed by atoms with Gasteiger partial charge in [-0.3, -0.25) is 4.79 Å². The van der Waals surface area contributed by atoms with Gasteiger partial charge in [0.1, 0.15) is 23.9 Å². The first-order valence-corrected chi connectivity index (χ1v) is 8.03. The van der Waals surface area contributed by atoms with Crippen molar-refractivity contribution in [2.45, 2.75) is 13.8 Å². The fourth-order valence-electron chi connectivity index (χ4n) is 2.43. The Balaban J connectivity index is 1.82. The van der Waals surface area contributed by atoms with Crippen molar-refractivity contribution in [1.29, 1.82) is 5.26 Å². The van der Waals surface area contributed by atoms with Crippen LogP contribution < -0.4 is 10.6 Å². The van der Waals surface area contributed by atoms with E-state index in [1.807, 2.05) is 38.1 Å². The smallest absolute Gasteiger partial charge is 0.274 e. The average Bonchev–Trinajstić information content (AvgIpc) is 2.65. The van der Waals surface area contributed by atoms with Crippen molar-refractivity contribution >= 4 is 23.1 Å². The molecule has 2 N–H and O–H groups in total. The van der Waals surface area contributed by atoms with E-state index >= 15 is 0 Å². The Kier molecular flexibility index (Phi) is 4.90. The van der Waals surface area contributed by atoms with E-state index in [1.54, 1.807) is 30.3 Å². The Hall–Kier alpha value is -3.72. The molecule has 0 saturated heterocycles. The van der Waals surface area contributed by atoms with E-state index in [0.717, 1.165) is 16.8 Å². The van der Waals surface area contributed by atoms with E-state index in [9.17, 15) is 4.79 Å². The summed E-state index contributed by atoms with van der Waals surface area (Å²) in [7, 11) is 0. The molecular formula is C20H17N5O. The van der Waals surface area contributed by atoms with Crippen LogP contribution in [0.1, 0.15) is 27.2 Å². The highest BCUT2D eigenvalue weighted by atomic mass is 16.1. The molecule has 3 aromatic rings. The fraction of sp³-hybridized carbons (Fsp3) is 0.100. The molecule has 128 valence electrons. The molecule has 0 spiro atoms. The second-order valence-electron chi connectivity index (χ2n) is 5.84. The van der Waals surface area contributed by atoms with Crippen LogP contribution >= 0.6 is 0 Å². The number of nitrogens with one attached hydrogen (secondary N) is 2. The van der Waals surface area contributed by atoms with Gasteiger partial charge in [-0.2, -0.15) is 5.26 Å². The maximum absolute atomic E-state index is 12.5. The number of benzene rings is 2. The zero-order chi connectivity index (χ0) is 18.5. The summed E-state index contributed by atoms with van der Waals surface area (Å²) in [5, 5.41) is 15.0. The number of aromatic nitrogens is 2. The van der Waals surface area contributed by atoms with Crippen LogP contribution in [0.5, 0.6) is 0 Å². The summed E-state index contributed by atoms with van der Waals surface area (Å²) in [6, 6.07) is 16.5. The van der Waals surface area contributed by atoms with Crippen LogP contribution in [0.3, 0.4) is 0 Å². The molecule has 0 atom stereocenters. The largest absolute Gasteiger partial charge is 0.340 e. The van der Waals surface area contributed by atoms with Crippen molar-refractivity contribution in [3.8, 4) is 6.07 Å². The van der Waals surface area contributed by atoms with E-state index in [2.05, 4.69) is 20.6 Å². The monoisotopic (exact) mass is 343 g/mol. The highest BCUT2D eigenvalue weighted by molar-refractivity contribution is 6.03. The second-order valence-corrected chi connectivity index (χ2v) is 5.84. The molecule has 0 unspecified atom stereocenters. The summed E-state index contributed by atoms with van der Waals surface area (Å²) < 4.78 is 0. The molecule has 0 bridgehead atoms. The van der Waals surface area contributed by atoms with Crippen molar-refractivity contribution in [3.05, 3.63) is 77.2 Å². The van der Waals surface area contributed by atoms with Gasteiger partial charge >= 0.3 is 0 Å². The first kappa shape index (κ1) is 17.1. The van der Waals surface area contributed by atoms with Crippen LogP contribution in [0.25, 0.3) is 0 Å². The number of aryl methyl sites for hydroxylation is 2. The molecular weight excluding hydrogens is 326 g/mol. The van der Waals surface area contributed by atoms with Crippen molar-refractivity contribution in [3.63, 3.8) is 0 Å². The summed E-state index contributed by atoms with van der Waals surface area (Å²) in [6.07, 6.45) is 1.33. The highest BCUT2D eigenvalue weighted by Gasteiger charge is 2.12. The molecule has 1 aromatic heterocycles. The first-order chi connectivity index (χ1) is 12.6. The topological polar surface area (TPSA) is 90.7 Å². The van der Waals surface area contributed by atoms with E-state index < -0.39 is 5.91 Å². The van der Waals surface area contributed by atoms with Crippen molar-refractivity contribution in [2.75, 3.05) is 10.6 Å². The van der Waals surface area contributed by atoms with E-state index in [-0.39, 0.29) is 5.69 Å². The van der Waals surface area contributed by atoms with Gasteiger partial charge in [0.25, 0.3) is 5.91 Å². The number of carbonyl (C=O) groups is 1. The Bertz CT molecular complexity index is 1010. The van der Waals surface area contributed by atoms with Crippen molar-refractivity contribution < 1.29 is 4.79 Å². The zero-order valence-electron chi connectivity index (χ0n) is 14.4. The predicted octanol–water partition coefficient (Wildman–Crippen LogP) is 3.96. The van der Waals surface area contributed by atoms with Crippen LogP contribution in [0.4, 0.5) is 17.2 Å². The standard InChI is InChI=1S/C20H17N5O/c1-13-7-8-14(2)17(9-13)24-19-10-18(22-12-23-19)20(26)25-16-6-4-3-5-15(16)11-21/h3-10,12H,1-2H3,(H,25,26)(H,22,23,24). The van der Waals surface area contributed by atoms with E-state index in [1.165, 1.54) is 6.33 Å². The minimum atomic E-state index is -0.404. The van der Waals surface area contributed by atoms with Crippen LogP contribution in [-0.2, 0) is 0 Å². The van der Waals surface area contributed by atoms with Gasteiger partial charge in [0.2, 0.25) is 0 Å². The number of hydrogen-bond acceptors (Lipinski definition) is 5. The molecule has 0 fully saturated rings. The number of anilines is 3. The van der Waals surface area contributed by atoms with Gasteiger partial charge in [-0.25, -0.2) is 9.97 Å². The van der Waals surface area contributed by atoms with Crippen LogP contribution in [-0.4, -0.2) is 15.9 Å². The lowest BCUT2D eigenvalue weighted by molar-refractivity contribution is 0.102. The Morgan fingerprint density at radius 1 is 1.04 bits per heavy atom. The number of para-hydroxylation sites is 1. The molecule has 0 aliphatic heterocycles. The van der Waals surface area contributed by atoms with Gasteiger partial charge in [-0.05, 0) is 43.2 Å². The van der Waals surface area contributed by atoms with Gasteiger partial charge in [-0.1, -0.05) is 24.3 Å². The second kappa shape index (κ2) is 7.45. The summed E-state index contributed by atoms with van der Waals surface area (Å²) in [5.41, 5.74) is 4.16. The minimum Gasteiger partial charge on any atom is -0.340 e. The number of nitrogens with zero attached hydrogens (tertiary/aromatic N) is 3. The minimum absolute atomic E-state index is 0.209. The van der Waals surface area contributed by atoms with Crippen molar-refractivity contribution in [1.82, 2.24) is 9.97 Å². The number of hydrogen-bond donors (Lipinski definition) is 2. The first-order valence-electron chi connectivity index (χ1n) is 8.03. The van der Waals surface area contributed by atoms with Gasteiger partial charge in [-0.15, -0.1) is 0 Å². The van der Waals surface area contributed by atoms with E-state index in [4.69, 9.17) is 5.26 Å². The highest BCUT2D eigenvalue weighted by Crippen LogP contribution is 2.21. The van der Waals surface area contributed by atoms with Gasteiger partial charge in [0, 0.05) is 11.8 Å². The van der Waals surface area contributed by atoms with Gasteiger partial charge < -0.3 is 10.6 Å². The third-order valence-corrected chi connectivity index (χ3v) is 3.85. The lowest BCUT2D eigenvalue weighted by Crippen LogP contribution is -2.15. The van der Waals surface area contributed by atoms with Crippen molar-refractivity contribution in [2.24, 2.45) is 0 Å². The Labute approximate surface area is 151 Å². The number of nitriles is 1. The maximum Gasteiger partial charge on any atom is 0.274 e. The third-order valence-electron chi connectivity index (χ3n) is 3.85. The molecule has 3 rings (SSSR count). The van der Waals surface area contributed by atoms with Crippen LogP contribution in [0, 0.1) is 25.2 Å². The SMILES string of the molecule is Cc1ccc(C)c(Nc2cc(C(=O)Nc3ccccc3C#N)ncn2)c1. The molecule has 26 heavy (non-hydrogen) atoms. The molecule has 1 amide bonds. The van der Waals surface area contributed by atoms with Gasteiger partial charge in [0.15, 0.2) is 0 Å². The maximum atomic E-state index is 12.5.